The number of amides is 1. The van der Waals surface area contributed by atoms with Crippen LogP contribution in [0.3, 0.4) is 0 Å². The van der Waals surface area contributed by atoms with E-state index in [-0.39, 0.29) is 10.5 Å². The van der Waals surface area contributed by atoms with Gasteiger partial charge in [-0.15, -0.1) is 0 Å². The highest BCUT2D eigenvalue weighted by atomic mass is 35.5. The first-order valence-corrected chi connectivity index (χ1v) is 9.48. The number of nitrogens with one attached hydrogen (secondary N) is 1. The fourth-order valence-corrected chi connectivity index (χ4v) is 3.39. The summed E-state index contributed by atoms with van der Waals surface area (Å²) >= 11 is 6.10. The molecule has 2 rings (SSSR count). The van der Waals surface area contributed by atoms with Crippen molar-refractivity contribution in [3.63, 3.8) is 0 Å². The maximum Gasteiger partial charge on any atom is 0.264 e. The zero-order chi connectivity index (χ0) is 19.3. The van der Waals surface area contributed by atoms with Gasteiger partial charge in [-0.05, 0) is 37.3 Å². The summed E-state index contributed by atoms with van der Waals surface area (Å²) in [5.41, 5.74) is 0.560. The van der Waals surface area contributed by atoms with Crippen molar-refractivity contribution in [1.29, 1.82) is 0 Å². The average molecular weight is 399 g/mol. The van der Waals surface area contributed by atoms with Crippen molar-refractivity contribution in [3.05, 3.63) is 53.1 Å². The Morgan fingerprint density at radius 2 is 1.92 bits per heavy atom. The number of nitrogens with zero attached hydrogens (tertiary/aromatic N) is 1. The smallest absolute Gasteiger partial charge is 0.264 e. The Balaban J connectivity index is 2.33. The molecule has 0 bridgehead atoms. The van der Waals surface area contributed by atoms with Crippen LogP contribution in [-0.4, -0.2) is 39.6 Å². The molecular weight excluding hydrogens is 380 g/mol. The molecule has 26 heavy (non-hydrogen) atoms. The third-order valence-corrected chi connectivity index (χ3v) is 5.47. The van der Waals surface area contributed by atoms with Crippen LogP contribution in [0, 0.1) is 0 Å². The number of anilines is 1. The number of rotatable bonds is 7. The van der Waals surface area contributed by atoms with Crippen LogP contribution in [0.1, 0.15) is 17.3 Å². The number of sulfonamides is 1. The van der Waals surface area contributed by atoms with Crippen LogP contribution in [0.15, 0.2) is 47.4 Å². The zero-order valence-electron chi connectivity index (χ0n) is 14.5. The van der Waals surface area contributed by atoms with E-state index >= 15 is 0 Å². The molecule has 0 spiro atoms. The monoisotopic (exact) mass is 398 g/mol. The first-order chi connectivity index (χ1) is 12.3. The molecule has 2 aromatic rings. The highest BCUT2D eigenvalue weighted by Gasteiger charge is 2.22. The number of hydroxylamine groups is 1. The van der Waals surface area contributed by atoms with E-state index in [0.29, 0.717) is 27.5 Å². The Morgan fingerprint density at radius 1 is 1.23 bits per heavy atom. The van der Waals surface area contributed by atoms with Crippen LogP contribution in [-0.2, 0) is 14.9 Å². The van der Waals surface area contributed by atoms with Gasteiger partial charge in [-0.3, -0.25) is 9.63 Å². The summed E-state index contributed by atoms with van der Waals surface area (Å²) in [6.07, 6.45) is 0. The van der Waals surface area contributed by atoms with Crippen molar-refractivity contribution in [1.82, 2.24) is 4.47 Å². The number of carbonyl (C=O) groups excluding carboxylic acids is 1. The van der Waals surface area contributed by atoms with Crippen LogP contribution in [0.4, 0.5) is 5.69 Å². The number of hydrogen-bond donors (Lipinski definition) is 1. The van der Waals surface area contributed by atoms with E-state index in [4.69, 9.17) is 21.2 Å². The molecule has 0 atom stereocenters. The quantitative estimate of drug-likeness (QED) is 0.724. The normalized spacial score (nSPS) is 11.4. The predicted molar refractivity (Wildman–Crippen MR) is 99.0 cm³/mol. The Bertz CT molecular complexity index is 902. The molecule has 0 aliphatic rings. The van der Waals surface area contributed by atoms with E-state index in [9.17, 15) is 13.2 Å². The molecule has 0 fully saturated rings. The van der Waals surface area contributed by atoms with E-state index in [0.717, 1.165) is 0 Å². The molecule has 9 heteroatoms. The Labute approximate surface area is 157 Å². The molecule has 0 radical (unpaired) electrons. The van der Waals surface area contributed by atoms with Gasteiger partial charge in [0.15, 0.2) is 5.75 Å². The highest BCUT2D eigenvalue weighted by Crippen LogP contribution is 2.33. The van der Waals surface area contributed by atoms with Gasteiger partial charge in [-0.1, -0.05) is 28.2 Å². The third-order valence-electron chi connectivity index (χ3n) is 3.49. The molecule has 0 aliphatic heterocycles. The number of carbonyl (C=O) groups is 1. The summed E-state index contributed by atoms with van der Waals surface area (Å²) in [4.78, 5) is 17.2. The number of benzene rings is 2. The van der Waals surface area contributed by atoms with Gasteiger partial charge in [0.1, 0.15) is 0 Å². The van der Waals surface area contributed by atoms with Gasteiger partial charge < -0.3 is 10.1 Å². The molecule has 2 aromatic carbocycles. The van der Waals surface area contributed by atoms with Crippen molar-refractivity contribution in [2.24, 2.45) is 0 Å². The van der Waals surface area contributed by atoms with Gasteiger partial charge in [0, 0.05) is 12.6 Å². The minimum absolute atomic E-state index is 0.0642. The molecule has 0 unspecified atom stereocenters. The van der Waals surface area contributed by atoms with E-state index < -0.39 is 15.9 Å². The molecule has 0 heterocycles. The lowest BCUT2D eigenvalue weighted by molar-refractivity contribution is -0.0258. The van der Waals surface area contributed by atoms with Crippen molar-refractivity contribution in [3.8, 4) is 5.75 Å². The summed E-state index contributed by atoms with van der Waals surface area (Å²) in [6, 6.07) is 10.6. The van der Waals surface area contributed by atoms with E-state index in [1.165, 1.54) is 38.4 Å². The lowest BCUT2D eigenvalue weighted by Crippen LogP contribution is -2.26. The largest absolute Gasteiger partial charge is 0.490 e. The molecule has 1 amide bonds. The SMILES string of the molecule is CCOc1c(Cl)cccc1NC(=O)c1cccc(S(=O)(=O)N(C)OC)c1. The Morgan fingerprint density at radius 3 is 2.58 bits per heavy atom. The molecule has 0 saturated carbocycles. The Kier molecular flexibility index (Phi) is 6.60. The Hall–Kier alpha value is -2.13. The van der Waals surface area contributed by atoms with Crippen LogP contribution >= 0.6 is 11.6 Å². The fraction of sp³-hybridized carbons (Fsp3) is 0.235. The second kappa shape index (κ2) is 8.50. The van der Waals surface area contributed by atoms with Gasteiger partial charge in [-0.2, -0.15) is 0 Å². The first kappa shape index (κ1) is 20.2. The van der Waals surface area contributed by atoms with Gasteiger partial charge in [-0.25, -0.2) is 8.42 Å². The summed E-state index contributed by atoms with van der Waals surface area (Å²) in [5, 5.41) is 3.05. The van der Waals surface area contributed by atoms with Gasteiger partial charge in [0.2, 0.25) is 0 Å². The van der Waals surface area contributed by atoms with Gasteiger partial charge in [0.25, 0.3) is 15.9 Å². The maximum absolute atomic E-state index is 12.6. The number of para-hydroxylation sites is 1. The third kappa shape index (κ3) is 4.34. The van der Waals surface area contributed by atoms with E-state index in [1.807, 2.05) is 0 Å². The molecule has 0 saturated heterocycles. The maximum atomic E-state index is 12.6. The summed E-state index contributed by atoms with van der Waals surface area (Å²) in [6.45, 7) is 2.18. The van der Waals surface area contributed by atoms with Crippen LogP contribution in [0.5, 0.6) is 5.75 Å². The minimum Gasteiger partial charge on any atom is -0.490 e. The fourth-order valence-electron chi connectivity index (χ4n) is 2.14. The van der Waals surface area contributed by atoms with Gasteiger partial charge in [0.05, 0.1) is 29.3 Å². The topological polar surface area (TPSA) is 84.9 Å². The molecule has 1 N–H and O–H groups in total. The first-order valence-electron chi connectivity index (χ1n) is 7.67. The summed E-state index contributed by atoms with van der Waals surface area (Å²) in [5.74, 6) is -0.141. The zero-order valence-corrected chi connectivity index (χ0v) is 16.1. The van der Waals surface area contributed by atoms with Crippen LogP contribution in [0.25, 0.3) is 0 Å². The predicted octanol–water partition coefficient (Wildman–Crippen LogP) is 3.17. The molecule has 140 valence electrons. The van der Waals surface area contributed by atoms with Crippen molar-refractivity contribution in [2.45, 2.75) is 11.8 Å². The van der Waals surface area contributed by atoms with E-state index in [1.54, 1.807) is 25.1 Å². The molecular formula is C17H19ClN2O5S. The van der Waals surface area contributed by atoms with E-state index in [2.05, 4.69) is 5.32 Å². The van der Waals surface area contributed by atoms with Crippen molar-refractivity contribution >= 4 is 33.2 Å². The molecule has 0 aliphatic carbocycles. The lowest BCUT2D eigenvalue weighted by atomic mass is 10.2. The van der Waals surface area contributed by atoms with Crippen LogP contribution in [0.2, 0.25) is 5.02 Å². The van der Waals surface area contributed by atoms with Crippen molar-refractivity contribution in [2.75, 3.05) is 26.1 Å². The average Bonchev–Trinajstić information content (AvgIpc) is 2.63. The summed E-state index contributed by atoms with van der Waals surface area (Å²) in [7, 11) is -1.35. The second-order valence-electron chi connectivity index (χ2n) is 5.13. The highest BCUT2D eigenvalue weighted by molar-refractivity contribution is 7.89. The number of ether oxygens (including phenoxy) is 1. The van der Waals surface area contributed by atoms with Gasteiger partial charge >= 0.3 is 0 Å². The lowest BCUT2D eigenvalue weighted by Gasteiger charge is -2.15. The molecule has 0 aromatic heterocycles. The number of hydrogen-bond acceptors (Lipinski definition) is 5. The molecule has 7 nitrogen and oxygen atoms in total. The summed E-state index contributed by atoms with van der Waals surface area (Å²) < 4.78 is 30.8. The second-order valence-corrected chi connectivity index (χ2v) is 7.47. The number of halogens is 1. The standard InChI is InChI=1S/C17H19ClN2O5S/c1-4-25-16-14(18)9-6-10-15(16)19-17(21)12-7-5-8-13(11-12)26(22,23)20(2)24-3/h5-11H,4H2,1-3H3,(H,19,21). The minimum atomic E-state index is -3.86. The van der Waals surface area contributed by atoms with Crippen LogP contribution < -0.4 is 10.1 Å². The van der Waals surface area contributed by atoms with Crippen molar-refractivity contribution < 1.29 is 22.8 Å².